The number of halogens is 2. The van der Waals surface area contributed by atoms with Crippen LogP contribution in [0.4, 0.5) is 4.39 Å². The first-order chi connectivity index (χ1) is 17.7. The first kappa shape index (κ1) is 27.1. The van der Waals surface area contributed by atoms with Gasteiger partial charge in [0.05, 0.1) is 17.5 Å². The number of imide groups is 1. The molecule has 9 heteroatoms. The Labute approximate surface area is 221 Å². The van der Waals surface area contributed by atoms with E-state index in [9.17, 15) is 23.9 Å². The molecule has 0 unspecified atom stereocenters. The number of carbonyl (C=O) groups excluding carboxylic acids is 2. The number of carboxylic acids is 1. The van der Waals surface area contributed by atoms with E-state index in [2.05, 4.69) is 11.0 Å². The largest absolute Gasteiger partial charge is 0.491 e. The summed E-state index contributed by atoms with van der Waals surface area (Å²) >= 11 is 5.88. The highest BCUT2D eigenvalue weighted by atomic mass is 35.5. The van der Waals surface area contributed by atoms with E-state index < -0.39 is 11.8 Å². The predicted octanol–water partition coefficient (Wildman–Crippen LogP) is 5.00. The topological polar surface area (TPSA) is 87.2 Å². The van der Waals surface area contributed by atoms with Crippen molar-refractivity contribution >= 4 is 29.4 Å². The lowest BCUT2D eigenvalue weighted by Crippen LogP contribution is -2.47. The zero-order chi connectivity index (χ0) is 26.7. The molecule has 0 spiro atoms. The first-order valence-corrected chi connectivity index (χ1v) is 13.1. The number of carbonyl (C=O) groups is 3. The highest BCUT2D eigenvalue weighted by Crippen LogP contribution is 2.38. The fourth-order valence-corrected chi connectivity index (χ4v) is 5.20. The number of ether oxygens (including phenoxy) is 1. The highest BCUT2D eigenvalue weighted by molar-refractivity contribution is 6.30. The molecular weight excluding hydrogens is 499 g/mol. The van der Waals surface area contributed by atoms with E-state index in [1.54, 1.807) is 12.1 Å². The Hall–Kier alpha value is -2.97. The third kappa shape index (κ3) is 6.13. The Morgan fingerprint density at radius 2 is 1.89 bits per heavy atom. The smallest absolute Gasteiger partial charge is 0.306 e. The van der Waals surface area contributed by atoms with Crippen molar-refractivity contribution in [2.24, 2.45) is 5.92 Å². The van der Waals surface area contributed by atoms with Gasteiger partial charge in [-0.15, -0.1) is 0 Å². The van der Waals surface area contributed by atoms with Crippen molar-refractivity contribution in [3.05, 3.63) is 63.9 Å². The number of hydrogen-bond donors (Lipinski definition) is 1. The molecule has 1 saturated heterocycles. The summed E-state index contributed by atoms with van der Waals surface area (Å²) in [6, 6.07) is 10.6. The number of amides is 2. The van der Waals surface area contributed by atoms with E-state index in [0.717, 1.165) is 23.1 Å². The third-order valence-corrected chi connectivity index (χ3v) is 7.76. The van der Waals surface area contributed by atoms with Gasteiger partial charge in [-0.05, 0) is 61.1 Å². The molecule has 1 aliphatic heterocycles. The Bertz CT molecular complexity index is 1170. The van der Waals surface area contributed by atoms with Crippen LogP contribution in [-0.2, 0) is 27.3 Å². The van der Waals surface area contributed by atoms with Crippen LogP contribution in [0.5, 0.6) is 5.75 Å². The first-order valence-electron chi connectivity index (χ1n) is 12.7. The molecule has 2 aromatic rings. The van der Waals surface area contributed by atoms with Crippen LogP contribution in [0, 0.1) is 11.7 Å². The van der Waals surface area contributed by atoms with Gasteiger partial charge in [-0.3, -0.25) is 24.2 Å². The molecule has 0 bridgehead atoms. The van der Waals surface area contributed by atoms with Crippen LogP contribution in [0.25, 0.3) is 0 Å². The molecular formula is C28H32ClFN2O5. The number of nitrogens with zero attached hydrogens (tertiary/aromatic N) is 2. The van der Waals surface area contributed by atoms with Gasteiger partial charge in [0.25, 0.3) is 0 Å². The minimum absolute atomic E-state index is 0.0615. The number of likely N-dealkylation sites (tertiary alicyclic amines) is 1. The average molecular weight is 531 g/mol. The van der Waals surface area contributed by atoms with Crippen LogP contribution in [0.3, 0.4) is 0 Å². The van der Waals surface area contributed by atoms with Gasteiger partial charge in [0.1, 0.15) is 18.2 Å². The summed E-state index contributed by atoms with van der Waals surface area (Å²) in [6.45, 7) is 5.05. The standard InChI is InChI=1S/C28H32ClFN2O5/c1-3-19-12-18(4-7-25(19)37-11-10-31-26(33)8-9-27(31)34)16-32(22-13-21(14-22)28(35)36)17(2)20-5-6-23(29)24(30)15-20/h4-7,12,15,17,21-22H,3,8-11,13-14,16H2,1-2H3,(H,35,36)/t17-,21-,22+/m1/s1. The Morgan fingerprint density at radius 1 is 1.19 bits per heavy atom. The molecule has 198 valence electrons. The monoisotopic (exact) mass is 530 g/mol. The molecule has 1 aliphatic carbocycles. The lowest BCUT2D eigenvalue weighted by molar-refractivity contribution is -0.147. The molecule has 2 aliphatic rings. The van der Waals surface area contributed by atoms with Crippen molar-refractivity contribution in [3.63, 3.8) is 0 Å². The summed E-state index contributed by atoms with van der Waals surface area (Å²) in [5, 5.41) is 9.44. The van der Waals surface area contributed by atoms with Gasteiger partial charge in [-0.2, -0.15) is 0 Å². The van der Waals surface area contributed by atoms with Crippen LogP contribution >= 0.6 is 11.6 Å². The number of hydrogen-bond acceptors (Lipinski definition) is 5. The molecule has 1 N–H and O–H groups in total. The van der Waals surface area contributed by atoms with Gasteiger partial charge in [0.15, 0.2) is 0 Å². The summed E-state index contributed by atoms with van der Waals surface area (Å²) < 4.78 is 20.1. The zero-order valence-electron chi connectivity index (χ0n) is 21.1. The van der Waals surface area contributed by atoms with Crippen LogP contribution in [0.1, 0.15) is 62.3 Å². The molecule has 4 rings (SSSR count). The molecule has 2 aromatic carbocycles. The van der Waals surface area contributed by atoms with Crippen molar-refractivity contribution in [1.29, 1.82) is 0 Å². The molecule has 1 saturated carbocycles. The van der Waals surface area contributed by atoms with Crippen molar-refractivity contribution < 1.29 is 28.6 Å². The summed E-state index contributed by atoms with van der Waals surface area (Å²) in [5.41, 5.74) is 2.82. The van der Waals surface area contributed by atoms with E-state index in [1.807, 2.05) is 26.0 Å². The van der Waals surface area contributed by atoms with Crippen molar-refractivity contribution in [3.8, 4) is 5.75 Å². The summed E-state index contributed by atoms with van der Waals surface area (Å²) in [4.78, 5) is 38.5. The van der Waals surface area contributed by atoms with E-state index in [1.165, 1.54) is 11.0 Å². The van der Waals surface area contributed by atoms with E-state index in [0.29, 0.717) is 25.1 Å². The molecule has 0 radical (unpaired) electrons. The molecule has 37 heavy (non-hydrogen) atoms. The predicted molar refractivity (Wildman–Crippen MR) is 137 cm³/mol. The Balaban J connectivity index is 1.48. The molecule has 1 heterocycles. The SMILES string of the molecule is CCc1cc(CN([C@H]2C[C@@H](C(=O)O)C2)[C@H](C)c2ccc(Cl)c(F)c2)ccc1OCCN1C(=O)CCC1=O. The maximum absolute atomic E-state index is 14.2. The summed E-state index contributed by atoms with van der Waals surface area (Å²) in [6.07, 6.45) is 2.35. The number of rotatable bonds is 11. The average Bonchev–Trinajstić information content (AvgIpc) is 3.16. The quantitative estimate of drug-likeness (QED) is 0.412. The maximum Gasteiger partial charge on any atom is 0.306 e. The van der Waals surface area contributed by atoms with Crippen LogP contribution in [0.15, 0.2) is 36.4 Å². The second-order valence-corrected chi connectivity index (χ2v) is 10.2. The van der Waals surface area contributed by atoms with Crippen molar-refractivity contribution in [1.82, 2.24) is 9.80 Å². The maximum atomic E-state index is 14.2. The number of aliphatic carboxylic acids is 1. The molecule has 7 nitrogen and oxygen atoms in total. The number of aryl methyl sites for hydroxylation is 1. The van der Waals surface area contributed by atoms with E-state index >= 15 is 0 Å². The van der Waals surface area contributed by atoms with E-state index in [-0.39, 0.29) is 60.8 Å². The molecule has 1 atom stereocenters. The van der Waals surface area contributed by atoms with Gasteiger partial charge in [-0.1, -0.05) is 36.7 Å². The van der Waals surface area contributed by atoms with Gasteiger partial charge >= 0.3 is 5.97 Å². The van der Waals surface area contributed by atoms with Crippen LogP contribution < -0.4 is 4.74 Å². The zero-order valence-corrected chi connectivity index (χ0v) is 21.8. The lowest BCUT2D eigenvalue weighted by atomic mass is 9.78. The normalized spacial score (nSPS) is 20.3. The minimum atomic E-state index is -0.784. The van der Waals surface area contributed by atoms with Gasteiger partial charge in [-0.25, -0.2) is 4.39 Å². The van der Waals surface area contributed by atoms with Crippen LogP contribution in [-0.4, -0.2) is 51.9 Å². The Kier molecular flexibility index (Phi) is 8.49. The summed E-state index contributed by atoms with van der Waals surface area (Å²) in [7, 11) is 0. The fraction of sp³-hybridized carbons (Fsp3) is 0.464. The van der Waals surface area contributed by atoms with E-state index in [4.69, 9.17) is 16.3 Å². The van der Waals surface area contributed by atoms with Gasteiger partial charge in [0, 0.05) is 31.5 Å². The van der Waals surface area contributed by atoms with Gasteiger partial charge in [0.2, 0.25) is 11.8 Å². The molecule has 0 aromatic heterocycles. The van der Waals surface area contributed by atoms with Crippen LogP contribution in [0.2, 0.25) is 5.02 Å². The second-order valence-electron chi connectivity index (χ2n) is 9.77. The number of carboxylic acid groups (broad SMARTS) is 1. The number of benzene rings is 2. The lowest BCUT2D eigenvalue weighted by Gasteiger charge is -2.44. The summed E-state index contributed by atoms with van der Waals surface area (Å²) in [5.74, 6) is -1.23. The second kappa shape index (κ2) is 11.6. The van der Waals surface area contributed by atoms with Crippen molar-refractivity contribution in [2.45, 2.75) is 64.6 Å². The highest BCUT2D eigenvalue weighted by Gasteiger charge is 2.40. The van der Waals surface area contributed by atoms with Crippen molar-refractivity contribution in [2.75, 3.05) is 13.2 Å². The molecule has 2 fully saturated rings. The third-order valence-electron chi connectivity index (χ3n) is 7.45. The van der Waals surface area contributed by atoms with Gasteiger partial charge < -0.3 is 9.84 Å². The molecule has 2 amide bonds. The minimum Gasteiger partial charge on any atom is -0.491 e. The Morgan fingerprint density at radius 3 is 2.51 bits per heavy atom. The fourth-order valence-electron chi connectivity index (χ4n) is 5.08.